The second-order valence-electron chi connectivity index (χ2n) is 7.79. The lowest BCUT2D eigenvalue weighted by atomic mass is 9.96. The quantitative estimate of drug-likeness (QED) is 0.152. The largest absolute Gasteiger partial charge is 0.467 e. The van der Waals surface area contributed by atoms with Crippen molar-refractivity contribution in [1.82, 2.24) is 10.6 Å². The SMILES string of the molecule is COC(=O)C(CCC(=O)NC1C(OC)OC(CO)C(O)C1O)NC(=O)/C=C/C=C/c1ccccc1. The van der Waals surface area contributed by atoms with Crippen LogP contribution in [0.15, 0.2) is 48.6 Å². The third-order valence-corrected chi connectivity index (χ3v) is 5.35. The second-order valence-corrected chi connectivity index (χ2v) is 7.79. The number of methoxy groups -OCH3 is 2. The Morgan fingerprint density at radius 2 is 1.83 bits per heavy atom. The lowest BCUT2D eigenvalue weighted by molar-refractivity contribution is -0.262. The van der Waals surface area contributed by atoms with Crippen LogP contribution >= 0.6 is 0 Å². The number of aliphatic hydroxyl groups is 3. The number of allylic oxidation sites excluding steroid dienone is 2. The van der Waals surface area contributed by atoms with Crippen molar-refractivity contribution in [2.75, 3.05) is 20.8 Å². The summed E-state index contributed by atoms with van der Waals surface area (Å²) in [5, 5.41) is 34.6. The maximum absolute atomic E-state index is 12.5. The van der Waals surface area contributed by atoms with Crippen molar-refractivity contribution in [2.24, 2.45) is 0 Å². The highest BCUT2D eigenvalue weighted by Gasteiger charge is 2.45. The number of ether oxygens (including phenoxy) is 3. The monoisotopic (exact) mass is 492 g/mol. The van der Waals surface area contributed by atoms with Gasteiger partial charge in [0, 0.05) is 19.6 Å². The van der Waals surface area contributed by atoms with Gasteiger partial charge >= 0.3 is 5.97 Å². The van der Waals surface area contributed by atoms with Crippen molar-refractivity contribution in [2.45, 2.75) is 49.5 Å². The van der Waals surface area contributed by atoms with Gasteiger partial charge in [0.25, 0.3) is 0 Å². The molecule has 0 spiro atoms. The molecule has 1 saturated heterocycles. The highest BCUT2D eigenvalue weighted by molar-refractivity contribution is 5.92. The Kier molecular flexibility index (Phi) is 11.5. The number of carbonyl (C=O) groups excluding carboxylic acids is 3. The van der Waals surface area contributed by atoms with Crippen molar-refractivity contribution < 1.29 is 43.9 Å². The number of benzene rings is 1. The summed E-state index contributed by atoms with van der Waals surface area (Å²) in [7, 11) is 2.45. The Balaban J connectivity index is 1.90. The summed E-state index contributed by atoms with van der Waals surface area (Å²) in [4.78, 5) is 36.8. The molecule has 2 rings (SSSR count). The molecule has 192 valence electrons. The first-order chi connectivity index (χ1) is 16.8. The van der Waals surface area contributed by atoms with Crippen LogP contribution in [0.25, 0.3) is 6.08 Å². The number of nitrogens with one attached hydrogen (secondary N) is 2. The van der Waals surface area contributed by atoms with E-state index in [0.29, 0.717) is 0 Å². The van der Waals surface area contributed by atoms with Crippen molar-refractivity contribution >= 4 is 23.9 Å². The standard InChI is InChI=1S/C24H32N2O9/c1-33-23(32)16(25-18(28)11-7-6-10-15-8-4-3-5-9-15)12-13-19(29)26-20-22(31)21(30)17(14-27)35-24(20)34-2/h3-11,16-17,20-22,24,27,30-31H,12-14H2,1-2H3,(H,25,28)(H,26,29)/b10-6+,11-7+. The van der Waals surface area contributed by atoms with Crippen LogP contribution in [0.3, 0.4) is 0 Å². The van der Waals surface area contributed by atoms with Crippen LogP contribution < -0.4 is 10.6 Å². The van der Waals surface area contributed by atoms with Gasteiger partial charge in [0.05, 0.1) is 13.7 Å². The number of carbonyl (C=O) groups is 3. The van der Waals surface area contributed by atoms with E-state index in [9.17, 15) is 29.7 Å². The summed E-state index contributed by atoms with van der Waals surface area (Å²) in [5.41, 5.74) is 0.958. The number of aliphatic hydroxyl groups excluding tert-OH is 3. The van der Waals surface area contributed by atoms with Gasteiger partial charge in [-0.15, -0.1) is 0 Å². The Morgan fingerprint density at radius 3 is 2.46 bits per heavy atom. The van der Waals surface area contributed by atoms with E-state index in [-0.39, 0.29) is 12.8 Å². The molecule has 0 aliphatic carbocycles. The Hall–Kier alpha value is -3.09. The summed E-state index contributed by atoms with van der Waals surface area (Å²) in [6, 6.07) is 7.28. The summed E-state index contributed by atoms with van der Waals surface area (Å²) in [6.45, 7) is -0.546. The number of hydrogen-bond donors (Lipinski definition) is 5. The van der Waals surface area contributed by atoms with Crippen LogP contribution in [0.1, 0.15) is 18.4 Å². The van der Waals surface area contributed by atoms with Gasteiger partial charge in [-0.3, -0.25) is 9.59 Å². The molecule has 11 heteroatoms. The zero-order valence-electron chi connectivity index (χ0n) is 19.6. The summed E-state index contributed by atoms with van der Waals surface area (Å²) < 4.78 is 15.2. The first kappa shape index (κ1) is 28.1. The summed E-state index contributed by atoms with van der Waals surface area (Å²) in [6.07, 6.45) is 0.866. The number of hydrogen-bond acceptors (Lipinski definition) is 9. The van der Waals surface area contributed by atoms with Crippen molar-refractivity contribution in [3.8, 4) is 0 Å². The minimum absolute atomic E-state index is 0.0823. The minimum Gasteiger partial charge on any atom is -0.467 e. The lowest BCUT2D eigenvalue weighted by Gasteiger charge is -2.41. The van der Waals surface area contributed by atoms with E-state index < -0.39 is 61.1 Å². The molecule has 1 aromatic carbocycles. The van der Waals surface area contributed by atoms with Gasteiger partial charge < -0.3 is 40.2 Å². The molecule has 35 heavy (non-hydrogen) atoms. The predicted molar refractivity (Wildman–Crippen MR) is 124 cm³/mol. The van der Waals surface area contributed by atoms with Gasteiger partial charge in [0.15, 0.2) is 6.29 Å². The molecule has 0 saturated carbocycles. The number of rotatable bonds is 11. The van der Waals surface area contributed by atoms with E-state index in [2.05, 4.69) is 10.6 Å². The molecule has 1 fully saturated rings. The van der Waals surface area contributed by atoms with E-state index in [1.165, 1.54) is 19.3 Å². The summed E-state index contributed by atoms with van der Waals surface area (Å²) in [5.74, 6) is -1.86. The van der Waals surface area contributed by atoms with Crippen LogP contribution in [-0.2, 0) is 28.6 Å². The van der Waals surface area contributed by atoms with E-state index in [1.807, 2.05) is 36.4 Å². The molecule has 2 amide bonds. The third kappa shape index (κ3) is 8.57. The fourth-order valence-electron chi connectivity index (χ4n) is 3.46. The van der Waals surface area contributed by atoms with Crippen LogP contribution in [-0.4, -0.2) is 90.6 Å². The van der Waals surface area contributed by atoms with Gasteiger partial charge in [-0.05, 0) is 12.0 Å². The molecule has 1 heterocycles. The molecule has 0 radical (unpaired) electrons. The van der Waals surface area contributed by atoms with E-state index in [1.54, 1.807) is 6.08 Å². The molecule has 6 unspecified atom stereocenters. The summed E-state index contributed by atoms with van der Waals surface area (Å²) >= 11 is 0. The molecule has 0 aromatic heterocycles. The average molecular weight is 493 g/mol. The zero-order valence-corrected chi connectivity index (χ0v) is 19.6. The van der Waals surface area contributed by atoms with Gasteiger partial charge in [-0.2, -0.15) is 0 Å². The Bertz CT molecular complexity index is 888. The molecular formula is C24H32N2O9. The van der Waals surface area contributed by atoms with Gasteiger partial charge in [0.2, 0.25) is 11.8 Å². The topological polar surface area (TPSA) is 164 Å². The van der Waals surface area contributed by atoms with Crippen LogP contribution in [0.4, 0.5) is 0 Å². The second kappa shape index (κ2) is 14.3. The molecule has 5 N–H and O–H groups in total. The fraction of sp³-hybridized carbons (Fsp3) is 0.458. The molecule has 11 nitrogen and oxygen atoms in total. The van der Waals surface area contributed by atoms with Crippen LogP contribution in [0, 0.1) is 0 Å². The normalized spacial score (nSPS) is 25.3. The van der Waals surface area contributed by atoms with Gasteiger partial charge in [-0.1, -0.05) is 48.6 Å². The fourth-order valence-corrected chi connectivity index (χ4v) is 3.46. The van der Waals surface area contributed by atoms with E-state index in [0.717, 1.165) is 12.7 Å². The Labute approximate surface area is 203 Å². The molecule has 1 aliphatic rings. The van der Waals surface area contributed by atoms with E-state index in [4.69, 9.17) is 14.2 Å². The molecular weight excluding hydrogens is 460 g/mol. The molecule has 1 aromatic rings. The zero-order chi connectivity index (χ0) is 25.8. The molecule has 0 bridgehead atoms. The van der Waals surface area contributed by atoms with Crippen molar-refractivity contribution in [1.29, 1.82) is 0 Å². The Morgan fingerprint density at radius 1 is 1.11 bits per heavy atom. The highest BCUT2D eigenvalue weighted by Crippen LogP contribution is 2.22. The van der Waals surface area contributed by atoms with Crippen LogP contribution in [0.5, 0.6) is 0 Å². The smallest absolute Gasteiger partial charge is 0.328 e. The van der Waals surface area contributed by atoms with Crippen molar-refractivity contribution in [3.05, 3.63) is 54.1 Å². The lowest BCUT2D eigenvalue weighted by Crippen LogP contribution is -2.64. The third-order valence-electron chi connectivity index (χ3n) is 5.35. The average Bonchev–Trinajstić information content (AvgIpc) is 2.87. The molecule has 1 aliphatic heterocycles. The number of esters is 1. The van der Waals surface area contributed by atoms with Gasteiger partial charge in [0.1, 0.15) is 30.4 Å². The maximum Gasteiger partial charge on any atom is 0.328 e. The van der Waals surface area contributed by atoms with Crippen LogP contribution in [0.2, 0.25) is 0 Å². The minimum atomic E-state index is -1.46. The maximum atomic E-state index is 12.5. The van der Waals surface area contributed by atoms with Gasteiger partial charge in [-0.25, -0.2) is 4.79 Å². The molecule has 6 atom stereocenters. The first-order valence-electron chi connectivity index (χ1n) is 11.0. The highest BCUT2D eigenvalue weighted by atomic mass is 16.7. The number of amides is 2. The first-order valence-corrected chi connectivity index (χ1v) is 11.0. The predicted octanol–water partition coefficient (Wildman–Crippen LogP) is -0.736. The van der Waals surface area contributed by atoms with E-state index >= 15 is 0 Å². The van der Waals surface area contributed by atoms with Crippen molar-refractivity contribution in [3.63, 3.8) is 0 Å².